The van der Waals surface area contributed by atoms with Gasteiger partial charge in [-0.2, -0.15) is 4.31 Å². The molecule has 31 heavy (non-hydrogen) atoms. The van der Waals surface area contributed by atoms with Gasteiger partial charge < -0.3 is 19.2 Å². The molecule has 0 radical (unpaired) electrons. The molecule has 1 N–H and O–H groups in total. The maximum absolute atomic E-state index is 12.6. The van der Waals surface area contributed by atoms with Crippen LogP contribution < -0.4 is 5.32 Å². The van der Waals surface area contributed by atoms with E-state index in [1.807, 2.05) is 35.2 Å². The van der Waals surface area contributed by atoms with Gasteiger partial charge in [0.15, 0.2) is 5.96 Å². The summed E-state index contributed by atoms with van der Waals surface area (Å²) < 4.78 is 37.0. The standard InChI is InChI=1S/C20H24N6O4S/c1-21-20(22-13-18-14-29-19(23-18)16-5-3-2-4-6-16)25-8-10-26(11-9-25)31(27,28)15-17-7-12-30-24-17/h2-7,12,14H,8-11,13,15H2,1H3,(H,21,22). The Kier molecular flexibility index (Phi) is 6.33. The van der Waals surface area contributed by atoms with Gasteiger partial charge in [0.25, 0.3) is 0 Å². The van der Waals surface area contributed by atoms with Gasteiger partial charge in [-0.1, -0.05) is 23.4 Å². The van der Waals surface area contributed by atoms with Gasteiger partial charge >= 0.3 is 0 Å². The first-order chi connectivity index (χ1) is 15.0. The van der Waals surface area contributed by atoms with Crippen molar-refractivity contribution in [2.45, 2.75) is 12.3 Å². The summed E-state index contributed by atoms with van der Waals surface area (Å²) in [4.78, 5) is 10.9. The number of oxazole rings is 1. The average Bonchev–Trinajstić information content (AvgIpc) is 3.47. The van der Waals surface area contributed by atoms with E-state index in [1.54, 1.807) is 19.4 Å². The molecule has 10 nitrogen and oxygen atoms in total. The SMILES string of the molecule is CN=C(NCc1coc(-c2ccccc2)n1)N1CCN(S(=O)(=O)Cc2ccon2)CC1. The third-order valence-electron chi connectivity index (χ3n) is 4.97. The number of nitrogens with one attached hydrogen (secondary N) is 1. The molecule has 4 rings (SSSR count). The number of aliphatic imine (C=N–C) groups is 1. The van der Waals surface area contributed by atoms with Crippen molar-refractivity contribution in [3.63, 3.8) is 0 Å². The first-order valence-corrected chi connectivity index (χ1v) is 11.5. The second-order valence-corrected chi connectivity index (χ2v) is 9.01. The number of hydrogen-bond acceptors (Lipinski definition) is 7. The molecule has 0 atom stereocenters. The first-order valence-electron chi connectivity index (χ1n) is 9.87. The van der Waals surface area contributed by atoms with Crippen LogP contribution in [-0.2, 0) is 22.3 Å². The van der Waals surface area contributed by atoms with Crippen molar-refractivity contribution in [3.8, 4) is 11.5 Å². The summed E-state index contributed by atoms with van der Waals surface area (Å²) in [6.45, 7) is 2.28. The van der Waals surface area contributed by atoms with E-state index in [-0.39, 0.29) is 5.75 Å². The summed E-state index contributed by atoms with van der Waals surface area (Å²) in [5.74, 6) is 1.10. The van der Waals surface area contributed by atoms with Crippen molar-refractivity contribution in [2.24, 2.45) is 4.99 Å². The summed E-state index contributed by atoms with van der Waals surface area (Å²) >= 11 is 0. The molecule has 3 heterocycles. The van der Waals surface area contributed by atoms with Crippen LogP contribution in [-0.4, -0.2) is 66.9 Å². The highest BCUT2D eigenvalue weighted by molar-refractivity contribution is 7.88. The van der Waals surface area contributed by atoms with Crippen LogP contribution >= 0.6 is 0 Å². The molecule has 1 aliphatic heterocycles. The number of guanidine groups is 1. The summed E-state index contributed by atoms with van der Waals surface area (Å²) in [5, 5.41) is 6.97. The normalized spacial score (nSPS) is 15.9. The average molecular weight is 445 g/mol. The zero-order chi connectivity index (χ0) is 21.7. The molecule has 0 amide bonds. The second kappa shape index (κ2) is 9.31. The Morgan fingerprint density at radius 3 is 2.58 bits per heavy atom. The summed E-state index contributed by atoms with van der Waals surface area (Å²) in [7, 11) is -1.74. The highest BCUT2D eigenvalue weighted by Gasteiger charge is 2.29. The van der Waals surface area contributed by atoms with Crippen molar-refractivity contribution in [1.29, 1.82) is 0 Å². The largest absolute Gasteiger partial charge is 0.444 e. The maximum atomic E-state index is 12.6. The van der Waals surface area contributed by atoms with Crippen LogP contribution in [0.3, 0.4) is 0 Å². The van der Waals surface area contributed by atoms with Crippen LogP contribution in [0.15, 0.2) is 62.9 Å². The van der Waals surface area contributed by atoms with Crippen LogP contribution in [0.2, 0.25) is 0 Å². The van der Waals surface area contributed by atoms with Gasteiger partial charge in [0.05, 0.1) is 17.9 Å². The first kappa shape index (κ1) is 21.1. The number of piperazine rings is 1. The molecule has 164 valence electrons. The Bertz CT molecular complexity index is 1100. The molecule has 0 bridgehead atoms. The third-order valence-corrected chi connectivity index (χ3v) is 6.78. The third kappa shape index (κ3) is 5.12. The van der Waals surface area contributed by atoms with Gasteiger partial charge in [-0.15, -0.1) is 0 Å². The van der Waals surface area contributed by atoms with Gasteiger partial charge in [0, 0.05) is 44.9 Å². The minimum atomic E-state index is -3.44. The molecule has 0 spiro atoms. The molecule has 1 fully saturated rings. The monoisotopic (exact) mass is 444 g/mol. The number of nitrogens with zero attached hydrogens (tertiary/aromatic N) is 5. The number of rotatable bonds is 6. The maximum Gasteiger partial charge on any atom is 0.226 e. The lowest BCUT2D eigenvalue weighted by Crippen LogP contribution is -2.53. The Hall–Kier alpha value is -3.18. The van der Waals surface area contributed by atoms with E-state index < -0.39 is 10.0 Å². The Balaban J connectivity index is 1.30. The minimum absolute atomic E-state index is 0.160. The fourth-order valence-electron chi connectivity index (χ4n) is 3.37. The lowest BCUT2D eigenvalue weighted by atomic mass is 10.2. The van der Waals surface area contributed by atoms with E-state index in [9.17, 15) is 8.42 Å². The fraction of sp³-hybridized carbons (Fsp3) is 0.350. The van der Waals surface area contributed by atoms with Crippen molar-refractivity contribution >= 4 is 16.0 Å². The van der Waals surface area contributed by atoms with Gasteiger partial charge in [-0.05, 0) is 12.1 Å². The van der Waals surface area contributed by atoms with Crippen molar-refractivity contribution < 1.29 is 17.4 Å². The molecular formula is C20H24N6O4S. The molecule has 3 aromatic rings. The van der Waals surface area contributed by atoms with E-state index in [0.29, 0.717) is 50.3 Å². The Morgan fingerprint density at radius 1 is 1.13 bits per heavy atom. The molecule has 1 aliphatic rings. The van der Waals surface area contributed by atoms with Crippen LogP contribution in [0.1, 0.15) is 11.4 Å². The van der Waals surface area contributed by atoms with E-state index in [1.165, 1.54) is 10.6 Å². The zero-order valence-electron chi connectivity index (χ0n) is 17.1. The molecule has 1 aromatic carbocycles. The van der Waals surface area contributed by atoms with Crippen LogP contribution in [0.5, 0.6) is 0 Å². The number of sulfonamides is 1. The smallest absolute Gasteiger partial charge is 0.226 e. The van der Waals surface area contributed by atoms with Crippen LogP contribution in [0, 0.1) is 0 Å². The van der Waals surface area contributed by atoms with Crippen LogP contribution in [0.25, 0.3) is 11.5 Å². The van der Waals surface area contributed by atoms with Gasteiger partial charge in [-0.25, -0.2) is 13.4 Å². The quantitative estimate of drug-likeness (QED) is 0.450. The molecule has 2 aromatic heterocycles. The van der Waals surface area contributed by atoms with E-state index in [4.69, 9.17) is 8.94 Å². The van der Waals surface area contributed by atoms with E-state index in [0.717, 1.165) is 11.3 Å². The molecular weight excluding hydrogens is 420 g/mol. The predicted octanol–water partition coefficient (Wildman–Crippen LogP) is 1.55. The topological polar surface area (TPSA) is 117 Å². The molecule has 1 saturated heterocycles. The van der Waals surface area contributed by atoms with Gasteiger partial charge in [0.2, 0.25) is 15.9 Å². The zero-order valence-corrected chi connectivity index (χ0v) is 18.0. The van der Waals surface area contributed by atoms with Crippen molar-refractivity contribution in [2.75, 3.05) is 33.2 Å². The molecule has 0 aliphatic carbocycles. The Labute approximate surface area is 180 Å². The highest BCUT2D eigenvalue weighted by atomic mass is 32.2. The fourth-order valence-corrected chi connectivity index (χ4v) is 4.80. The van der Waals surface area contributed by atoms with Crippen molar-refractivity contribution in [3.05, 3.63) is 60.3 Å². The second-order valence-electron chi connectivity index (χ2n) is 7.04. The minimum Gasteiger partial charge on any atom is -0.444 e. The summed E-state index contributed by atoms with van der Waals surface area (Å²) in [5.41, 5.74) is 2.08. The van der Waals surface area contributed by atoms with Gasteiger partial charge in [0.1, 0.15) is 18.3 Å². The number of hydrogen-bond donors (Lipinski definition) is 1. The van der Waals surface area contributed by atoms with E-state index in [2.05, 4.69) is 20.4 Å². The van der Waals surface area contributed by atoms with Crippen LogP contribution in [0.4, 0.5) is 0 Å². The summed E-state index contributed by atoms with van der Waals surface area (Å²) in [6.07, 6.45) is 2.99. The lowest BCUT2D eigenvalue weighted by Gasteiger charge is -2.35. The van der Waals surface area contributed by atoms with Gasteiger partial charge in [-0.3, -0.25) is 4.99 Å². The molecule has 0 unspecified atom stereocenters. The number of aromatic nitrogens is 2. The Morgan fingerprint density at radius 2 is 1.90 bits per heavy atom. The lowest BCUT2D eigenvalue weighted by molar-refractivity contribution is 0.259. The summed E-state index contributed by atoms with van der Waals surface area (Å²) in [6, 6.07) is 11.3. The van der Waals surface area contributed by atoms with Crippen molar-refractivity contribution in [1.82, 2.24) is 24.7 Å². The predicted molar refractivity (Wildman–Crippen MR) is 114 cm³/mol. The molecule has 11 heteroatoms. The highest BCUT2D eigenvalue weighted by Crippen LogP contribution is 2.18. The molecule has 0 saturated carbocycles. The number of benzene rings is 1. The van der Waals surface area contributed by atoms with E-state index >= 15 is 0 Å².